The van der Waals surface area contributed by atoms with E-state index in [1.165, 1.54) is 12.1 Å². The molecule has 1 amide bonds. The molecule has 1 aliphatic rings. The summed E-state index contributed by atoms with van der Waals surface area (Å²) >= 11 is 0. The van der Waals surface area contributed by atoms with E-state index in [0.29, 0.717) is 6.54 Å². The number of rotatable bonds is 6. The third-order valence-corrected chi connectivity index (χ3v) is 4.29. The smallest absolute Gasteiger partial charge is 0.323 e. The molecule has 2 atom stereocenters. The van der Waals surface area contributed by atoms with Crippen LogP contribution in [0.2, 0.25) is 0 Å². The van der Waals surface area contributed by atoms with Crippen molar-refractivity contribution in [3.05, 3.63) is 75.8 Å². The van der Waals surface area contributed by atoms with Crippen molar-refractivity contribution >= 4 is 17.6 Å². The van der Waals surface area contributed by atoms with Crippen LogP contribution < -0.4 is 10.6 Å². The van der Waals surface area contributed by atoms with Gasteiger partial charge in [0.2, 0.25) is 5.91 Å². The van der Waals surface area contributed by atoms with E-state index in [1.807, 2.05) is 30.3 Å². The van der Waals surface area contributed by atoms with Crippen LogP contribution in [-0.2, 0) is 27.3 Å². The van der Waals surface area contributed by atoms with E-state index in [1.54, 1.807) is 12.1 Å². The van der Waals surface area contributed by atoms with Crippen molar-refractivity contribution in [1.82, 2.24) is 10.6 Å². The van der Waals surface area contributed by atoms with Gasteiger partial charge >= 0.3 is 5.97 Å². The highest BCUT2D eigenvalue weighted by molar-refractivity contribution is 5.85. The Balaban J connectivity index is 1.57. The minimum absolute atomic E-state index is 0.0175. The lowest BCUT2D eigenvalue weighted by molar-refractivity contribution is -0.384. The fourth-order valence-electron chi connectivity index (χ4n) is 2.82. The zero-order chi connectivity index (χ0) is 19.2. The summed E-state index contributed by atoms with van der Waals surface area (Å²) in [5.41, 5.74) is 1.69. The van der Waals surface area contributed by atoms with Crippen LogP contribution in [0.25, 0.3) is 0 Å². The number of hydrogen-bond acceptors (Lipinski definition) is 6. The average Bonchev–Trinajstić information content (AvgIpc) is 2.69. The molecule has 140 valence electrons. The number of non-ortho nitro benzene ring substituents is 1. The second kappa shape index (κ2) is 8.41. The fraction of sp³-hybridized carbons (Fsp3) is 0.263. The first kappa shape index (κ1) is 18.5. The van der Waals surface area contributed by atoms with Crippen LogP contribution in [-0.4, -0.2) is 35.5 Å². The molecule has 0 aliphatic carbocycles. The number of nitrogens with one attached hydrogen (secondary N) is 2. The van der Waals surface area contributed by atoms with Crippen LogP contribution in [0.4, 0.5) is 5.69 Å². The van der Waals surface area contributed by atoms with Crippen molar-refractivity contribution in [1.29, 1.82) is 0 Å². The second-order valence-corrected chi connectivity index (χ2v) is 6.23. The van der Waals surface area contributed by atoms with Gasteiger partial charge in [0.15, 0.2) is 0 Å². The zero-order valence-corrected chi connectivity index (χ0v) is 14.5. The molecule has 1 saturated heterocycles. The fourth-order valence-corrected chi connectivity index (χ4v) is 2.82. The molecule has 0 unspecified atom stereocenters. The predicted octanol–water partition coefficient (Wildman–Crippen LogP) is 1.34. The van der Waals surface area contributed by atoms with E-state index in [4.69, 9.17) is 4.74 Å². The number of nitrogens with zero attached hydrogens (tertiary/aromatic N) is 1. The van der Waals surface area contributed by atoms with Gasteiger partial charge in [0.25, 0.3) is 5.69 Å². The van der Waals surface area contributed by atoms with Crippen LogP contribution in [0.1, 0.15) is 11.1 Å². The maximum absolute atomic E-state index is 12.4. The van der Waals surface area contributed by atoms with Crippen LogP contribution in [0.3, 0.4) is 0 Å². The van der Waals surface area contributed by atoms with E-state index in [9.17, 15) is 19.7 Å². The number of hydrogen-bond donors (Lipinski definition) is 2. The van der Waals surface area contributed by atoms with Gasteiger partial charge in [-0.1, -0.05) is 42.5 Å². The summed E-state index contributed by atoms with van der Waals surface area (Å²) in [6.45, 7) is 0.356. The first-order chi connectivity index (χ1) is 13.0. The highest BCUT2D eigenvalue weighted by atomic mass is 16.6. The van der Waals surface area contributed by atoms with Gasteiger partial charge in [-0.2, -0.15) is 0 Å². The summed E-state index contributed by atoms with van der Waals surface area (Å²) in [7, 11) is 0. The average molecular weight is 369 g/mol. The van der Waals surface area contributed by atoms with Crippen molar-refractivity contribution in [3.8, 4) is 0 Å². The number of carbonyl (C=O) groups excluding carboxylic acids is 2. The Kier molecular flexibility index (Phi) is 5.77. The normalized spacial score (nSPS) is 19.2. The molecule has 0 bridgehead atoms. The molecule has 1 fully saturated rings. The minimum atomic E-state index is -0.687. The number of carbonyl (C=O) groups is 2. The molecule has 1 heterocycles. The third-order valence-electron chi connectivity index (χ3n) is 4.29. The molecular weight excluding hydrogens is 350 g/mol. The van der Waals surface area contributed by atoms with E-state index in [2.05, 4.69) is 10.6 Å². The monoisotopic (exact) mass is 369 g/mol. The van der Waals surface area contributed by atoms with E-state index < -0.39 is 23.0 Å². The highest BCUT2D eigenvalue weighted by Crippen LogP contribution is 2.15. The molecule has 2 aromatic carbocycles. The minimum Gasteiger partial charge on any atom is -0.462 e. The number of esters is 1. The number of cyclic esters (lactones) is 1. The number of amides is 1. The molecule has 0 radical (unpaired) electrons. The zero-order valence-electron chi connectivity index (χ0n) is 14.5. The molecular formula is C19H19N3O5. The van der Waals surface area contributed by atoms with Crippen molar-refractivity contribution in [2.45, 2.75) is 25.0 Å². The van der Waals surface area contributed by atoms with E-state index in [-0.39, 0.29) is 24.6 Å². The number of ether oxygens (including phenoxy) is 1. The van der Waals surface area contributed by atoms with Gasteiger partial charge in [0.05, 0.1) is 4.92 Å². The topological polar surface area (TPSA) is 111 Å². The van der Waals surface area contributed by atoms with Gasteiger partial charge in [0.1, 0.15) is 18.7 Å². The summed E-state index contributed by atoms with van der Waals surface area (Å²) in [5.74, 6) is -0.694. The molecule has 0 aromatic heterocycles. The summed E-state index contributed by atoms with van der Waals surface area (Å²) in [6, 6.07) is 14.1. The van der Waals surface area contributed by atoms with Crippen LogP contribution in [0.5, 0.6) is 0 Å². The first-order valence-corrected chi connectivity index (χ1v) is 8.50. The highest BCUT2D eigenvalue weighted by Gasteiger charge is 2.33. The Morgan fingerprint density at radius 3 is 2.52 bits per heavy atom. The van der Waals surface area contributed by atoms with Gasteiger partial charge in [-0.15, -0.1) is 0 Å². The molecule has 0 saturated carbocycles. The second-order valence-electron chi connectivity index (χ2n) is 6.23. The van der Waals surface area contributed by atoms with Crippen molar-refractivity contribution < 1.29 is 19.2 Å². The lowest BCUT2D eigenvalue weighted by atomic mass is 10.0. The lowest BCUT2D eigenvalue weighted by Crippen LogP contribution is -2.58. The van der Waals surface area contributed by atoms with Crippen molar-refractivity contribution in [2.24, 2.45) is 0 Å². The molecule has 2 N–H and O–H groups in total. The molecule has 8 nitrogen and oxygen atoms in total. The van der Waals surface area contributed by atoms with Crippen molar-refractivity contribution in [3.63, 3.8) is 0 Å². The third kappa shape index (κ3) is 4.89. The van der Waals surface area contributed by atoms with E-state index in [0.717, 1.165) is 11.1 Å². The van der Waals surface area contributed by atoms with Gasteiger partial charge in [-0.05, 0) is 17.5 Å². The molecule has 2 aromatic rings. The first-order valence-electron chi connectivity index (χ1n) is 8.50. The summed E-state index contributed by atoms with van der Waals surface area (Å²) in [4.78, 5) is 34.6. The Labute approximate surface area is 155 Å². The quantitative estimate of drug-likeness (QED) is 0.452. The Morgan fingerprint density at radius 2 is 1.85 bits per heavy atom. The van der Waals surface area contributed by atoms with Crippen molar-refractivity contribution in [2.75, 3.05) is 6.61 Å². The Hall–Kier alpha value is -3.26. The number of nitro groups is 1. The van der Waals surface area contributed by atoms with Crippen LogP contribution in [0.15, 0.2) is 54.6 Å². The predicted molar refractivity (Wildman–Crippen MR) is 96.8 cm³/mol. The van der Waals surface area contributed by atoms with Gasteiger partial charge in [-0.25, -0.2) is 0 Å². The summed E-state index contributed by atoms with van der Waals surface area (Å²) in [5, 5.41) is 16.5. The number of morpholine rings is 1. The van der Waals surface area contributed by atoms with Crippen LogP contribution in [0, 0.1) is 10.1 Å². The summed E-state index contributed by atoms with van der Waals surface area (Å²) < 4.78 is 5.14. The SMILES string of the molecule is O=C1OC[C@H](C(=O)NCc2ccccc2)N[C@H]1Cc1ccc([N+](=O)[O-])cc1. The Bertz CT molecular complexity index is 823. The molecule has 1 aliphatic heterocycles. The largest absolute Gasteiger partial charge is 0.462 e. The van der Waals surface area contributed by atoms with Gasteiger partial charge in [0, 0.05) is 18.7 Å². The number of benzene rings is 2. The maximum atomic E-state index is 12.4. The molecule has 3 rings (SSSR count). The maximum Gasteiger partial charge on any atom is 0.323 e. The molecule has 27 heavy (non-hydrogen) atoms. The number of nitro benzene ring substituents is 1. The standard InChI is InChI=1S/C19H19N3O5/c23-18(20-11-14-4-2-1-3-5-14)17-12-27-19(24)16(21-17)10-13-6-8-15(9-7-13)22(25)26/h1-9,16-17,21H,10-12H2,(H,20,23)/t16-,17+/m0/s1. The Morgan fingerprint density at radius 1 is 1.15 bits per heavy atom. The van der Waals surface area contributed by atoms with E-state index >= 15 is 0 Å². The summed E-state index contributed by atoms with van der Waals surface area (Å²) in [6.07, 6.45) is 0.277. The molecule has 0 spiro atoms. The van der Waals surface area contributed by atoms with Crippen LogP contribution >= 0.6 is 0 Å². The molecule has 8 heteroatoms. The van der Waals surface area contributed by atoms with Gasteiger partial charge < -0.3 is 10.1 Å². The lowest BCUT2D eigenvalue weighted by Gasteiger charge is -2.29. The van der Waals surface area contributed by atoms with Gasteiger partial charge in [-0.3, -0.25) is 25.0 Å².